The van der Waals surface area contributed by atoms with Crippen LogP contribution in [0.3, 0.4) is 0 Å². The predicted molar refractivity (Wildman–Crippen MR) is 132 cm³/mol. The molecule has 11 heteroatoms. The molecule has 11 nitrogen and oxygen atoms in total. The molecule has 1 saturated heterocycles. The Kier molecular flexibility index (Phi) is 11.6. The van der Waals surface area contributed by atoms with E-state index in [2.05, 4.69) is 43.0 Å². The first-order valence-electron chi connectivity index (χ1n) is 11.8. The molecule has 0 saturated carbocycles. The third-order valence-corrected chi connectivity index (χ3v) is 5.17. The van der Waals surface area contributed by atoms with Crippen molar-refractivity contribution < 1.29 is 18.9 Å². The van der Waals surface area contributed by atoms with Crippen LogP contribution in [0.5, 0.6) is 5.75 Å². The molecule has 0 bridgehead atoms. The molecule has 188 valence electrons. The van der Waals surface area contributed by atoms with Gasteiger partial charge in [-0.2, -0.15) is 15.0 Å². The van der Waals surface area contributed by atoms with E-state index in [0.29, 0.717) is 70.5 Å². The fraction of sp³-hybridized carbons (Fsp3) is 0.609. The SMILES string of the molecule is COc1ccc(CCNc2nc(NCCOCCOCCN)nc(NCC3CCCO3)n2)cc1. The first-order chi connectivity index (χ1) is 16.8. The number of benzene rings is 1. The lowest BCUT2D eigenvalue weighted by atomic mass is 10.1. The summed E-state index contributed by atoms with van der Waals surface area (Å²) in [5.41, 5.74) is 6.59. The van der Waals surface area contributed by atoms with Gasteiger partial charge in [-0.1, -0.05) is 12.1 Å². The van der Waals surface area contributed by atoms with Crippen molar-refractivity contribution in [3.05, 3.63) is 29.8 Å². The number of hydrogen-bond acceptors (Lipinski definition) is 11. The Morgan fingerprint density at radius 2 is 1.59 bits per heavy atom. The summed E-state index contributed by atoms with van der Waals surface area (Å²) in [6.45, 7) is 5.35. The zero-order valence-corrected chi connectivity index (χ0v) is 19.9. The van der Waals surface area contributed by atoms with Crippen LogP contribution in [0.1, 0.15) is 18.4 Å². The van der Waals surface area contributed by atoms with Crippen LogP contribution in [-0.2, 0) is 20.6 Å². The van der Waals surface area contributed by atoms with Crippen molar-refractivity contribution in [2.24, 2.45) is 5.73 Å². The van der Waals surface area contributed by atoms with E-state index in [9.17, 15) is 0 Å². The highest BCUT2D eigenvalue weighted by Crippen LogP contribution is 2.15. The van der Waals surface area contributed by atoms with Crippen LogP contribution in [0, 0.1) is 0 Å². The zero-order valence-electron chi connectivity index (χ0n) is 19.9. The van der Waals surface area contributed by atoms with Gasteiger partial charge in [0.15, 0.2) is 0 Å². The van der Waals surface area contributed by atoms with E-state index < -0.39 is 0 Å². The Bertz CT molecular complexity index is 819. The highest BCUT2D eigenvalue weighted by atomic mass is 16.5. The number of rotatable bonds is 17. The summed E-state index contributed by atoms with van der Waals surface area (Å²) >= 11 is 0. The van der Waals surface area contributed by atoms with E-state index >= 15 is 0 Å². The molecule has 1 atom stereocenters. The average Bonchev–Trinajstić information content (AvgIpc) is 3.39. The third kappa shape index (κ3) is 9.64. The molecule has 0 amide bonds. The van der Waals surface area contributed by atoms with E-state index in [1.165, 1.54) is 5.56 Å². The van der Waals surface area contributed by atoms with Gasteiger partial charge in [0.05, 0.1) is 39.6 Å². The molecular weight excluding hydrogens is 438 g/mol. The van der Waals surface area contributed by atoms with E-state index in [0.717, 1.165) is 31.6 Å². The van der Waals surface area contributed by atoms with Gasteiger partial charge in [-0.25, -0.2) is 0 Å². The summed E-state index contributed by atoms with van der Waals surface area (Å²) in [6.07, 6.45) is 3.15. The Labute approximate surface area is 201 Å². The van der Waals surface area contributed by atoms with Crippen molar-refractivity contribution in [2.45, 2.75) is 25.4 Å². The van der Waals surface area contributed by atoms with Gasteiger partial charge in [0, 0.05) is 32.8 Å². The first-order valence-corrected chi connectivity index (χ1v) is 11.8. The van der Waals surface area contributed by atoms with Crippen molar-refractivity contribution in [1.29, 1.82) is 0 Å². The van der Waals surface area contributed by atoms with Crippen LogP contribution in [0.2, 0.25) is 0 Å². The van der Waals surface area contributed by atoms with E-state index in [-0.39, 0.29) is 6.10 Å². The lowest BCUT2D eigenvalue weighted by Gasteiger charge is -2.13. The maximum Gasteiger partial charge on any atom is 0.229 e. The third-order valence-electron chi connectivity index (χ3n) is 5.17. The van der Waals surface area contributed by atoms with Crippen molar-refractivity contribution in [2.75, 3.05) is 82.3 Å². The molecular formula is C23H37N7O4. The van der Waals surface area contributed by atoms with Gasteiger partial charge in [-0.15, -0.1) is 0 Å². The minimum atomic E-state index is 0.189. The van der Waals surface area contributed by atoms with Crippen LogP contribution in [0.25, 0.3) is 0 Å². The first kappa shape index (κ1) is 25.9. The number of aromatic nitrogens is 3. The minimum Gasteiger partial charge on any atom is -0.497 e. The highest BCUT2D eigenvalue weighted by molar-refractivity contribution is 5.42. The molecule has 1 aromatic carbocycles. The molecule has 34 heavy (non-hydrogen) atoms. The quantitative estimate of drug-likeness (QED) is 0.248. The Morgan fingerprint density at radius 3 is 2.24 bits per heavy atom. The number of hydrogen-bond donors (Lipinski definition) is 4. The van der Waals surface area contributed by atoms with E-state index in [1.54, 1.807) is 7.11 Å². The number of nitrogens with one attached hydrogen (secondary N) is 3. The highest BCUT2D eigenvalue weighted by Gasteiger charge is 2.16. The fourth-order valence-corrected chi connectivity index (χ4v) is 3.37. The maximum absolute atomic E-state index is 5.68. The van der Waals surface area contributed by atoms with Gasteiger partial charge in [-0.05, 0) is 37.0 Å². The summed E-state index contributed by atoms with van der Waals surface area (Å²) < 4.78 is 21.7. The monoisotopic (exact) mass is 475 g/mol. The molecule has 0 spiro atoms. The predicted octanol–water partition coefficient (Wildman–Crippen LogP) is 1.53. The zero-order chi connectivity index (χ0) is 23.8. The number of anilines is 3. The molecule has 2 heterocycles. The topological polar surface area (TPSA) is 138 Å². The van der Waals surface area contributed by atoms with Gasteiger partial charge in [0.25, 0.3) is 0 Å². The normalized spacial score (nSPS) is 15.3. The molecule has 5 N–H and O–H groups in total. The standard InChI is InChI=1S/C23H37N7O4/c1-31-19-6-4-18(5-7-19)8-10-25-21-28-22(26-11-14-33-16-15-32-13-9-24)30-23(29-21)27-17-20-3-2-12-34-20/h4-7,20H,2-3,8-17,24H2,1H3,(H3,25,26,27,28,29,30). The second-order valence-electron chi connectivity index (χ2n) is 7.79. The maximum atomic E-state index is 5.68. The van der Waals surface area contributed by atoms with E-state index in [4.69, 9.17) is 24.7 Å². The van der Waals surface area contributed by atoms with Crippen molar-refractivity contribution in [1.82, 2.24) is 15.0 Å². The van der Waals surface area contributed by atoms with Gasteiger partial charge >= 0.3 is 0 Å². The molecule has 1 aliphatic heterocycles. The number of nitrogens with two attached hydrogens (primary N) is 1. The molecule has 2 aromatic rings. The van der Waals surface area contributed by atoms with Crippen molar-refractivity contribution in [3.63, 3.8) is 0 Å². The molecule has 0 aliphatic carbocycles. The van der Waals surface area contributed by atoms with Crippen LogP contribution in [-0.4, -0.2) is 87.4 Å². The summed E-state index contributed by atoms with van der Waals surface area (Å²) in [4.78, 5) is 13.5. The van der Waals surface area contributed by atoms with Gasteiger partial charge in [0.2, 0.25) is 17.8 Å². The summed E-state index contributed by atoms with van der Waals surface area (Å²) in [6, 6.07) is 8.02. The minimum absolute atomic E-state index is 0.189. The van der Waals surface area contributed by atoms with Crippen molar-refractivity contribution >= 4 is 17.8 Å². The molecule has 0 radical (unpaired) electrons. The van der Waals surface area contributed by atoms with Crippen LogP contribution >= 0.6 is 0 Å². The number of methoxy groups -OCH3 is 1. The summed E-state index contributed by atoms with van der Waals surface area (Å²) in [5.74, 6) is 2.35. The Balaban J connectivity index is 1.49. The van der Waals surface area contributed by atoms with Crippen LogP contribution in [0.15, 0.2) is 24.3 Å². The second-order valence-corrected chi connectivity index (χ2v) is 7.79. The average molecular weight is 476 g/mol. The van der Waals surface area contributed by atoms with E-state index in [1.807, 2.05) is 12.1 Å². The Hall–Kier alpha value is -2.73. The van der Waals surface area contributed by atoms with Crippen LogP contribution < -0.4 is 26.4 Å². The molecule has 1 unspecified atom stereocenters. The van der Waals surface area contributed by atoms with Gasteiger partial charge in [-0.3, -0.25) is 0 Å². The smallest absolute Gasteiger partial charge is 0.229 e. The molecule has 1 fully saturated rings. The van der Waals surface area contributed by atoms with Crippen LogP contribution in [0.4, 0.5) is 17.8 Å². The lowest BCUT2D eigenvalue weighted by molar-refractivity contribution is 0.0547. The van der Waals surface area contributed by atoms with Gasteiger partial charge < -0.3 is 40.6 Å². The number of nitrogens with zero attached hydrogens (tertiary/aromatic N) is 3. The number of ether oxygens (including phenoxy) is 4. The lowest BCUT2D eigenvalue weighted by Crippen LogP contribution is -2.21. The summed E-state index contributed by atoms with van der Waals surface area (Å²) in [7, 11) is 1.66. The molecule has 1 aromatic heterocycles. The van der Waals surface area contributed by atoms with Crippen molar-refractivity contribution in [3.8, 4) is 5.75 Å². The molecule has 3 rings (SSSR count). The summed E-state index contributed by atoms with van der Waals surface area (Å²) in [5, 5.41) is 9.78. The second kappa shape index (κ2) is 15.2. The largest absolute Gasteiger partial charge is 0.497 e. The fourth-order valence-electron chi connectivity index (χ4n) is 3.37. The van der Waals surface area contributed by atoms with Gasteiger partial charge in [0.1, 0.15) is 5.75 Å². The Morgan fingerprint density at radius 1 is 0.912 bits per heavy atom. The molecule has 1 aliphatic rings.